The van der Waals surface area contributed by atoms with E-state index in [4.69, 9.17) is 10.2 Å². The van der Waals surface area contributed by atoms with Crippen LogP contribution in [0.25, 0.3) is 0 Å². The van der Waals surface area contributed by atoms with Crippen LogP contribution in [0.15, 0.2) is 0 Å². The second-order valence-corrected chi connectivity index (χ2v) is 5.10. The van der Waals surface area contributed by atoms with Gasteiger partial charge in [-0.2, -0.15) is 0 Å². The molecule has 3 heteroatoms. The molecule has 0 aromatic carbocycles. The van der Waals surface area contributed by atoms with Crippen LogP contribution in [0.2, 0.25) is 0 Å². The first-order valence-corrected chi connectivity index (χ1v) is 5.09. The summed E-state index contributed by atoms with van der Waals surface area (Å²) in [4.78, 5) is 0. The van der Waals surface area contributed by atoms with Crippen molar-refractivity contribution in [2.75, 3.05) is 6.61 Å². The summed E-state index contributed by atoms with van der Waals surface area (Å²) in [5.41, 5.74) is 0. The minimum atomic E-state index is -0.351. The first-order chi connectivity index (χ1) is 2.27. The van der Waals surface area contributed by atoms with Crippen molar-refractivity contribution in [2.24, 2.45) is 0 Å². The van der Waals surface area contributed by atoms with Crippen LogP contribution in [0.5, 0.6) is 0 Å². The standard InChI is InChI=1S/C2H5O2.Rf/c3-1-2-4;/h1,3-4H,2H2;. The van der Waals surface area contributed by atoms with E-state index in [9.17, 15) is 0 Å². The van der Waals surface area contributed by atoms with Crippen molar-refractivity contribution in [3.63, 3.8) is 0 Å². The van der Waals surface area contributed by atoms with E-state index in [1.54, 1.807) is 0 Å². The van der Waals surface area contributed by atoms with Crippen LogP contribution in [0, 0.1) is 0 Å². The topological polar surface area (TPSA) is 40.5 Å². The molecule has 0 heterocycles. The monoisotopic (exact) mass is 328 g/mol. The van der Waals surface area contributed by atoms with Gasteiger partial charge >= 0.3 is 23.4 Å². The van der Waals surface area contributed by atoms with Gasteiger partial charge in [0.15, 0.2) is 0 Å². The summed E-state index contributed by atoms with van der Waals surface area (Å²) in [7, 11) is 0. The van der Waals surface area contributed by atoms with E-state index in [0.717, 1.165) is 0 Å². The van der Waals surface area contributed by atoms with E-state index >= 15 is 0 Å². The Morgan fingerprint density at radius 1 is 1.80 bits per heavy atom. The van der Waals surface area contributed by atoms with Gasteiger partial charge in [-0.1, -0.05) is 0 Å². The van der Waals surface area contributed by atoms with E-state index in [2.05, 4.69) is 0 Å². The Hall–Kier alpha value is -1.08. The average molecular weight is 328 g/mol. The van der Waals surface area contributed by atoms with Crippen LogP contribution in [-0.4, -0.2) is 23.4 Å². The second-order valence-electron chi connectivity index (χ2n) is 0.836. The van der Waals surface area contributed by atoms with Gasteiger partial charge in [0.05, 0.1) is 0 Å². The van der Waals surface area contributed by atoms with E-state index in [1.165, 1.54) is 0 Å². The zero-order chi connectivity index (χ0) is 4.28. The fraction of sp³-hybridized carbons (Fsp3) is 1.00. The van der Waals surface area contributed by atoms with Crippen molar-refractivity contribution in [3.8, 4) is 0 Å². The summed E-state index contributed by atoms with van der Waals surface area (Å²) in [5.74, 6) is 0. The fourth-order valence-corrected chi connectivity index (χ4v) is 0. The summed E-state index contributed by atoms with van der Waals surface area (Å²) in [6.45, 7) is -0.397. The van der Waals surface area contributed by atoms with Gasteiger partial charge in [0, 0.05) is 0 Å². The van der Waals surface area contributed by atoms with Gasteiger partial charge in [0.25, 0.3) is 0 Å². The normalized spacial score (nSPS) is 15.2. The molecule has 1 unspecified atom stereocenters. The number of aliphatic hydroxyl groups excluding tert-OH is 2. The molecule has 2 N–H and O–H groups in total. The van der Waals surface area contributed by atoms with Crippen molar-refractivity contribution in [3.05, 3.63) is 0 Å². The summed E-state index contributed by atoms with van der Waals surface area (Å²) in [6.07, 6.45) is 0. The van der Waals surface area contributed by atoms with Crippen molar-refractivity contribution >= 4 is 0 Å². The maximum absolute atomic E-state index is 8.20. The molecule has 2 nitrogen and oxygen atoms in total. The minimum absolute atomic E-state index is 0.0459. The number of aliphatic hydroxyl groups is 2. The quantitative estimate of drug-likeness (QED) is 0.638. The molecule has 27 valence electrons. The first kappa shape index (κ1) is 3.92. The molecule has 0 spiro atoms. The Labute approximate surface area is 24.7 Å². The molecule has 5 heavy (non-hydrogen) atoms. The van der Waals surface area contributed by atoms with Crippen molar-refractivity contribution in [2.45, 2.75) is 6.61 Å². The van der Waals surface area contributed by atoms with Gasteiger partial charge in [0.1, 0.15) is 0 Å². The van der Waals surface area contributed by atoms with E-state index in [0.29, 0.717) is 0 Å². The third-order valence-corrected chi connectivity index (χ3v) is 1.38. The molecule has 0 radical (unpaired) electrons. The molecule has 0 aliphatic carbocycles. The van der Waals surface area contributed by atoms with Crippen LogP contribution >= 0.6 is 0 Å². The van der Waals surface area contributed by atoms with Crippen molar-refractivity contribution in [1.82, 2.24) is 0 Å². The molecule has 0 bridgehead atoms. The molecular weight excluding hydrogens is 323 g/mol. The summed E-state index contributed by atoms with van der Waals surface area (Å²) in [5, 5.41) is 16.1. The molecule has 0 rings (SSSR count). The zero-order valence-corrected chi connectivity index (χ0v) is 9.29. The van der Waals surface area contributed by atoms with Gasteiger partial charge in [-0.05, 0) is 0 Å². The number of hydrogen-bond acceptors (Lipinski definition) is 2. The third kappa shape index (κ3) is 2.92. The predicted octanol–water partition coefficient (Wildman–Crippen LogP) is -1.15. The SMILES string of the molecule is OC[CH](O)[Rf]. The second kappa shape index (κ2) is 1.26. The van der Waals surface area contributed by atoms with E-state index in [1.807, 2.05) is 0 Å². The van der Waals surface area contributed by atoms with Crippen LogP contribution in [0.4, 0.5) is 0 Å². The first-order valence-electron chi connectivity index (χ1n) is 1.39. The van der Waals surface area contributed by atoms with Crippen LogP contribution in [-0.2, 0) is 0 Å². The number of hydrogen-bond donors (Lipinski definition) is 2. The summed E-state index contributed by atoms with van der Waals surface area (Å²) < 4.78 is 0.244. The third-order valence-electron chi connectivity index (χ3n) is 0.211. The Kier molecular flexibility index (Phi) is 0.990. The molecule has 0 saturated carbocycles. The molecule has 0 aliphatic heterocycles. The molecule has 0 saturated heterocycles. The Morgan fingerprint density at radius 3 is 2.00 bits per heavy atom. The predicted molar refractivity (Wildman–Crippen MR) is 13.1 cm³/mol. The Bertz CT molecular complexity index is 21.6. The average Bonchev–Trinajstić information content (AvgIpc) is 1.38. The van der Waals surface area contributed by atoms with Gasteiger partial charge in [-0.15, -0.1) is 0 Å². The summed E-state index contributed by atoms with van der Waals surface area (Å²) in [6, 6.07) is 0. The van der Waals surface area contributed by atoms with E-state index < -0.39 is 0 Å². The molecule has 0 aliphatic rings. The van der Waals surface area contributed by atoms with Crippen LogP contribution in [0.1, 0.15) is 0 Å². The molecule has 0 amide bonds. The van der Waals surface area contributed by atoms with Gasteiger partial charge in [0.2, 0.25) is 0 Å². The van der Waals surface area contributed by atoms with Crippen molar-refractivity contribution in [1.29, 1.82) is 0 Å². The van der Waals surface area contributed by atoms with Crippen LogP contribution < -0.4 is 0 Å². The van der Waals surface area contributed by atoms with Crippen LogP contribution in [0.3, 0.4) is 0 Å². The molecular formula is C2H5O2Rf. The van der Waals surface area contributed by atoms with Gasteiger partial charge < -0.3 is 0 Å². The van der Waals surface area contributed by atoms with Gasteiger partial charge in [-0.25, -0.2) is 0 Å². The zero-order valence-electron chi connectivity index (χ0n) is 2.89. The molecule has 0 fully saturated rings. The number of rotatable bonds is 1. The molecule has 0 aromatic rings. The fourth-order valence-electron chi connectivity index (χ4n) is 0. The summed E-state index contributed by atoms with van der Waals surface area (Å²) >= 11 is 0. The van der Waals surface area contributed by atoms with E-state index in [-0.39, 0.29) is 13.2 Å². The maximum atomic E-state index is 8.20. The Balaban J connectivity index is 2.54. The molecule has 0 aromatic heterocycles. The Morgan fingerprint density at radius 2 is 2.00 bits per heavy atom. The van der Waals surface area contributed by atoms with Gasteiger partial charge in [-0.3, -0.25) is 0 Å². The van der Waals surface area contributed by atoms with Crippen molar-refractivity contribution < 1.29 is 10.2 Å². The molecule has 1 atom stereocenters.